The van der Waals surface area contributed by atoms with E-state index in [-0.39, 0.29) is 31.0 Å². The third-order valence-corrected chi connectivity index (χ3v) is 4.50. The average Bonchev–Trinajstić information content (AvgIpc) is 2.60. The molecule has 0 saturated heterocycles. The molecule has 0 bridgehead atoms. The fourth-order valence-corrected chi connectivity index (χ4v) is 3.02. The van der Waals surface area contributed by atoms with Gasteiger partial charge in [-0.05, 0) is 37.8 Å². The number of rotatable bonds is 6. The Balaban J connectivity index is 1.68. The van der Waals surface area contributed by atoms with Crippen LogP contribution in [0.15, 0.2) is 24.3 Å². The molecule has 0 aromatic heterocycles. The number of ether oxygens (including phenoxy) is 1. The van der Waals surface area contributed by atoms with Crippen LogP contribution in [0.1, 0.15) is 48.5 Å². The molecule has 1 aliphatic carbocycles. The molecule has 0 unspecified atom stereocenters. The molecule has 2 atom stereocenters. The number of amides is 2. The van der Waals surface area contributed by atoms with Gasteiger partial charge in [0, 0.05) is 11.6 Å². The van der Waals surface area contributed by atoms with Crippen LogP contribution in [0.4, 0.5) is 0 Å². The van der Waals surface area contributed by atoms with Gasteiger partial charge in [0.15, 0.2) is 6.61 Å². The molecule has 0 heterocycles. The van der Waals surface area contributed by atoms with Crippen LogP contribution in [-0.4, -0.2) is 37.0 Å². The van der Waals surface area contributed by atoms with Crippen LogP contribution in [0.5, 0.6) is 0 Å². The van der Waals surface area contributed by atoms with Gasteiger partial charge >= 0.3 is 5.97 Å². The third kappa shape index (κ3) is 6.21. The molecular weight excluding hydrogens is 320 g/mol. The molecule has 1 fully saturated rings. The van der Waals surface area contributed by atoms with Crippen LogP contribution in [0, 0.1) is 12.8 Å². The minimum atomic E-state index is -0.632. The summed E-state index contributed by atoms with van der Waals surface area (Å²) in [7, 11) is 0. The van der Waals surface area contributed by atoms with Crippen LogP contribution < -0.4 is 10.6 Å². The third-order valence-electron chi connectivity index (χ3n) is 4.50. The van der Waals surface area contributed by atoms with Gasteiger partial charge in [0.05, 0.1) is 0 Å². The molecule has 1 saturated carbocycles. The Morgan fingerprint density at radius 2 is 1.96 bits per heavy atom. The van der Waals surface area contributed by atoms with E-state index in [0.29, 0.717) is 11.5 Å². The first-order valence-electron chi connectivity index (χ1n) is 8.75. The van der Waals surface area contributed by atoms with Crippen LogP contribution in [-0.2, 0) is 14.3 Å². The van der Waals surface area contributed by atoms with Crippen molar-refractivity contribution in [1.29, 1.82) is 0 Å². The molecule has 0 spiro atoms. The fraction of sp³-hybridized carbons (Fsp3) is 0.526. The summed E-state index contributed by atoms with van der Waals surface area (Å²) in [5.41, 5.74) is 1.45. The van der Waals surface area contributed by atoms with Crippen LogP contribution in [0.2, 0.25) is 0 Å². The molecule has 1 aromatic rings. The minimum Gasteiger partial charge on any atom is -0.454 e. The Morgan fingerprint density at radius 3 is 2.68 bits per heavy atom. The van der Waals surface area contributed by atoms with Crippen molar-refractivity contribution >= 4 is 17.8 Å². The normalized spacial score (nSPS) is 19.8. The largest absolute Gasteiger partial charge is 0.454 e. The SMILES string of the molecule is Cc1cccc(C(=O)NCC(=O)OCC(=O)N[C@@H]2CCCC[C@@H]2C)c1. The molecule has 25 heavy (non-hydrogen) atoms. The molecule has 0 aliphatic heterocycles. The lowest BCUT2D eigenvalue weighted by Crippen LogP contribution is -2.43. The maximum Gasteiger partial charge on any atom is 0.325 e. The Labute approximate surface area is 148 Å². The van der Waals surface area contributed by atoms with Crippen LogP contribution in [0.25, 0.3) is 0 Å². The smallest absolute Gasteiger partial charge is 0.325 e. The second kappa shape index (κ2) is 9.20. The maximum atomic E-state index is 11.9. The minimum absolute atomic E-state index is 0.154. The number of benzene rings is 1. The van der Waals surface area contributed by atoms with Gasteiger partial charge in [-0.2, -0.15) is 0 Å². The highest BCUT2D eigenvalue weighted by molar-refractivity contribution is 5.96. The number of aryl methyl sites for hydroxylation is 1. The van der Waals surface area contributed by atoms with Gasteiger partial charge in [0.2, 0.25) is 0 Å². The van der Waals surface area contributed by atoms with Crippen molar-refractivity contribution in [3.63, 3.8) is 0 Å². The van der Waals surface area contributed by atoms with E-state index in [1.54, 1.807) is 18.2 Å². The highest BCUT2D eigenvalue weighted by Gasteiger charge is 2.23. The summed E-state index contributed by atoms with van der Waals surface area (Å²) in [5, 5.41) is 5.41. The highest BCUT2D eigenvalue weighted by Crippen LogP contribution is 2.23. The molecule has 2 rings (SSSR count). The summed E-state index contributed by atoms with van der Waals surface area (Å²) in [6, 6.07) is 7.23. The van der Waals surface area contributed by atoms with E-state index in [2.05, 4.69) is 17.6 Å². The van der Waals surface area contributed by atoms with E-state index in [4.69, 9.17) is 4.74 Å². The Bertz CT molecular complexity index is 630. The Morgan fingerprint density at radius 1 is 1.20 bits per heavy atom. The second-order valence-electron chi connectivity index (χ2n) is 6.65. The fourth-order valence-electron chi connectivity index (χ4n) is 3.02. The van der Waals surface area contributed by atoms with Gasteiger partial charge in [0.1, 0.15) is 6.54 Å². The number of hydrogen-bond donors (Lipinski definition) is 2. The monoisotopic (exact) mass is 346 g/mol. The van der Waals surface area contributed by atoms with Gasteiger partial charge < -0.3 is 15.4 Å². The summed E-state index contributed by atoms with van der Waals surface area (Å²) >= 11 is 0. The van der Waals surface area contributed by atoms with E-state index < -0.39 is 5.97 Å². The van der Waals surface area contributed by atoms with Gasteiger partial charge in [-0.25, -0.2) is 0 Å². The zero-order valence-electron chi connectivity index (χ0n) is 14.8. The topological polar surface area (TPSA) is 84.5 Å². The molecule has 6 heteroatoms. The standard InChI is InChI=1S/C19H26N2O4/c1-13-6-5-8-15(10-13)19(24)20-11-18(23)25-12-17(22)21-16-9-4-3-7-14(16)2/h5-6,8,10,14,16H,3-4,7,9,11-12H2,1-2H3,(H,20,24)(H,21,22)/t14-,16+/m0/s1. The number of carbonyl (C=O) groups excluding carboxylic acids is 3. The van der Waals surface area contributed by atoms with E-state index in [1.165, 1.54) is 6.42 Å². The Hall–Kier alpha value is -2.37. The predicted octanol–water partition coefficient (Wildman–Crippen LogP) is 1.96. The molecular formula is C19H26N2O4. The zero-order chi connectivity index (χ0) is 18.2. The summed E-state index contributed by atoms with van der Waals surface area (Å²) in [5.74, 6) is -0.826. The lowest BCUT2D eigenvalue weighted by atomic mass is 9.86. The van der Waals surface area contributed by atoms with Gasteiger partial charge in [-0.3, -0.25) is 14.4 Å². The van der Waals surface area contributed by atoms with E-state index in [9.17, 15) is 14.4 Å². The van der Waals surface area contributed by atoms with E-state index in [1.807, 2.05) is 13.0 Å². The lowest BCUT2D eigenvalue weighted by molar-refractivity contribution is -0.147. The number of esters is 1. The van der Waals surface area contributed by atoms with E-state index in [0.717, 1.165) is 24.8 Å². The summed E-state index contributed by atoms with van der Waals surface area (Å²) in [6.07, 6.45) is 4.38. The van der Waals surface area contributed by atoms with Crippen LogP contribution >= 0.6 is 0 Å². The quantitative estimate of drug-likeness (QED) is 0.771. The van der Waals surface area contributed by atoms with Crippen molar-refractivity contribution in [1.82, 2.24) is 10.6 Å². The summed E-state index contributed by atoms with van der Waals surface area (Å²) in [6.45, 7) is 3.43. The number of carbonyl (C=O) groups is 3. The lowest BCUT2D eigenvalue weighted by Gasteiger charge is -2.29. The van der Waals surface area contributed by atoms with Crippen molar-refractivity contribution in [2.24, 2.45) is 5.92 Å². The van der Waals surface area contributed by atoms with Crippen LogP contribution in [0.3, 0.4) is 0 Å². The molecule has 6 nitrogen and oxygen atoms in total. The van der Waals surface area contributed by atoms with Gasteiger partial charge in [-0.1, -0.05) is 37.5 Å². The van der Waals surface area contributed by atoms with Crippen molar-refractivity contribution < 1.29 is 19.1 Å². The van der Waals surface area contributed by atoms with E-state index >= 15 is 0 Å². The van der Waals surface area contributed by atoms with Crippen molar-refractivity contribution in [3.8, 4) is 0 Å². The van der Waals surface area contributed by atoms with Crippen molar-refractivity contribution in [2.45, 2.75) is 45.6 Å². The van der Waals surface area contributed by atoms with Crippen molar-refractivity contribution in [2.75, 3.05) is 13.2 Å². The van der Waals surface area contributed by atoms with Gasteiger partial charge in [0.25, 0.3) is 11.8 Å². The predicted molar refractivity (Wildman–Crippen MR) is 94.0 cm³/mol. The first-order valence-corrected chi connectivity index (χ1v) is 8.75. The van der Waals surface area contributed by atoms with Gasteiger partial charge in [-0.15, -0.1) is 0 Å². The molecule has 136 valence electrons. The Kier molecular flexibility index (Phi) is 6.98. The number of hydrogen-bond acceptors (Lipinski definition) is 4. The molecule has 1 aliphatic rings. The molecule has 2 N–H and O–H groups in total. The first kappa shape index (κ1) is 19.0. The van der Waals surface area contributed by atoms with Crippen molar-refractivity contribution in [3.05, 3.63) is 35.4 Å². The first-order chi connectivity index (χ1) is 12.0. The summed E-state index contributed by atoms with van der Waals surface area (Å²) in [4.78, 5) is 35.5. The molecule has 1 aromatic carbocycles. The average molecular weight is 346 g/mol. The molecule has 2 amide bonds. The summed E-state index contributed by atoms with van der Waals surface area (Å²) < 4.78 is 4.92. The maximum absolute atomic E-state index is 11.9. The zero-order valence-corrected chi connectivity index (χ0v) is 14.8. The molecule has 0 radical (unpaired) electrons. The number of nitrogens with one attached hydrogen (secondary N) is 2. The second-order valence-corrected chi connectivity index (χ2v) is 6.65. The highest BCUT2D eigenvalue weighted by atomic mass is 16.5.